The first-order valence-electron chi connectivity index (χ1n) is 11.3. The molecule has 8 heteroatoms. The molecule has 0 saturated carbocycles. The highest BCUT2D eigenvalue weighted by molar-refractivity contribution is 7.14. The maximum absolute atomic E-state index is 14.4. The molecule has 0 radical (unpaired) electrons. The van der Waals surface area contributed by atoms with E-state index in [-0.39, 0.29) is 5.75 Å². The van der Waals surface area contributed by atoms with E-state index >= 15 is 0 Å². The van der Waals surface area contributed by atoms with Crippen molar-refractivity contribution < 1.29 is 18.7 Å². The lowest BCUT2D eigenvalue weighted by atomic mass is 9.96. The van der Waals surface area contributed by atoms with Crippen LogP contribution in [0.15, 0.2) is 29.3 Å². The summed E-state index contributed by atoms with van der Waals surface area (Å²) in [6, 6.07) is 6.75. The third-order valence-electron chi connectivity index (χ3n) is 5.96. The van der Waals surface area contributed by atoms with Gasteiger partial charge in [-0.3, -0.25) is 9.69 Å². The van der Waals surface area contributed by atoms with E-state index in [2.05, 4.69) is 15.2 Å². The molecule has 0 atom stereocenters. The van der Waals surface area contributed by atoms with E-state index in [0.29, 0.717) is 28.8 Å². The minimum atomic E-state index is -0.410. The number of rotatable bonds is 10. The lowest BCUT2D eigenvalue weighted by Gasteiger charge is -2.21. The minimum absolute atomic E-state index is 0.255. The van der Waals surface area contributed by atoms with Gasteiger partial charge in [0.2, 0.25) is 0 Å². The molecule has 32 heavy (non-hydrogen) atoms. The molecule has 1 aromatic carbocycles. The van der Waals surface area contributed by atoms with E-state index in [4.69, 9.17) is 9.47 Å². The Bertz CT molecular complexity index is 921. The van der Waals surface area contributed by atoms with Gasteiger partial charge in [0.15, 0.2) is 17.9 Å². The second-order valence-corrected chi connectivity index (χ2v) is 9.45. The Balaban J connectivity index is 1.30. The predicted octanol–water partition coefficient (Wildman–Crippen LogP) is 4.92. The lowest BCUT2D eigenvalue weighted by molar-refractivity contribution is 0.0667. The molecule has 3 heterocycles. The quantitative estimate of drug-likeness (QED) is 0.311. The summed E-state index contributed by atoms with van der Waals surface area (Å²) in [4.78, 5) is 19.9. The summed E-state index contributed by atoms with van der Waals surface area (Å²) < 4.78 is 25.4. The lowest BCUT2D eigenvalue weighted by Crippen LogP contribution is -2.25. The average Bonchev–Trinajstić information content (AvgIpc) is 3.46. The number of aliphatic imine (C=N–C) groups is 1. The molecule has 0 spiro atoms. The van der Waals surface area contributed by atoms with Crippen LogP contribution < -0.4 is 10.1 Å². The third kappa shape index (κ3) is 6.37. The molecule has 172 valence electrons. The van der Waals surface area contributed by atoms with Crippen molar-refractivity contribution >= 4 is 35.3 Å². The number of nitrogens with zero attached hydrogens (tertiary/aromatic N) is 2. The molecule has 4 rings (SSSR count). The van der Waals surface area contributed by atoms with Gasteiger partial charge in [-0.2, -0.15) is 0 Å². The van der Waals surface area contributed by atoms with E-state index in [0.717, 1.165) is 63.3 Å². The second kappa shape index (κ2) is 11.5. The van der Waals surface area contributed by atoms with Gasteiger partial charge in [-0.05, 0) is 69.3 Å². The summed E-state index contributed by atoms with van der Waals surface area (Å²) in [6.45, 7) is 5.12. The molecule has 0 aliphatic carbocycles. The molecule has 0 unspecified atom stereocenters. The Hall–Kier alpha value is -2.29. The number of likely N-dealkylation sites (tertiary alicyclic amines) is 1. The Labute approximate surface area is 192 Å². The summed E-state index contributed by atoms with van der Waals surface area (Å²) in [5.41, 5.74) is 1.21. The first kappa shape index (κ1) is 22.9. The zero-order chi connectivity index (χ0) is 22.2. The van der Waals surface area contributed by atoms with Crippen LogP contribution in [0.2, 0.25) is 0 Å². The van der Waals surface area contributed by atoms with Crippen LogP contribution in [0.3, 0.4) is 0 Å². The smallest absolute Gasteiger partial charge is 0.167 e. The van der Waals surface area contributed by atoms with Gasteiger partial charge in [-0.1, -0.05) is 0 Å². The molecule has 0 amide bonds. The van der Waals surface area contributed by atoms with Crippen LogP contribution in [0.1, 0.15) is 40.2 Å². The largest absolute Gasteiger partial charge is 0.489 e. The molecule has 1 N–H and O–H groups in total. The molecule has 2 aliphatic rings. The van der Waals surface area contributed by atoms with E-state index < -0.39 is 5.82 Å². The number of aldehydes is 1. The highest BCUT2D eigenvalue weighted by atomic mass is 32.1. The summed E-state index contributed by atoms with van der Waals surface area (Å²) in [6.07, 6.45) is 7.85. The summed E-state index contributed by atoms with van der Waals surface area (Å²) in [5, 5.41) is 2.98. The number of thiophene rings is 1. The molecule has 1 aromatic heterocycles. The number of halogens is 1. The van der Waals surface area contributed by atoms with Crippen LogP contribution in [0, 0.1) is 11.7 Å². The fraction of sp³-hybridized carbons (Fsp3) is 0.500. The number of anilines is 1. The first-order chi connectivity index (χ1) is 15.7. The van der Waals surface area contributed by atoms with E-state index in [9.17, 15) is 9.18 Å². The normalized spacial score (nSPS) is 17.8. The van der Waals surface area contributed by atoms with Gasteiger partial charge in [0.1, 0.15) is 6.61 Å². The van der Waals surface area contributed by atoms with Crippen molar-refractivity contribution in [1.29, 1.82) is 0 Å². The summed E-state index contributed by atoms with van der Waals surface area (Å²) >= 11 is 1.49. The number of carbonyl (C=O) groups is 1. The molecular formula is C24H30FN3O3S. The predicted molar refractivity (Wildman–Crippen MR) is 126 cm³/mol. The van der Waals surface area contributed by atoms with Gasteiger partial charge in [0.05, 0.1) is 16.9 Å². The topological polar surface area (TPSA) is 63.2 Å². The molecule has 2 aliphatic heterocycles. The van der Waals surface area contributed by atoms with Crippen LogP contribution in [0.4, 0.5) is 15.8 Å². The highest BCUT2D eigenvalue weighted by Crippen LogP contribution is 2.32. The SMILES string of the molecule is O=Cc1sc(CC2CCOCC2)cc1/N=C\Nc1ccc(OCCN2CCCC2)c(F)c1. The Morgan fingerprint density at radius 3 is 2.81 bits per heavy atom. The Morgan fingerprint density at radius 1 is 1.25 bits per heavy atom. The average molecular weight is 460 g/mol. The van der Waals surface area contributed by atoms with Gasteiger partial charge in [0, 0.05) is 36.4 Å². The van der Waals surface area contributed by atoms with Crippen molar-refractivity contribution in [2.45, 2.75) is 32.1 Å². The maximum Gasteiger partial charge on any atom is 0.167 e. The van der Waals surface area contributed by atoms with Crippen molar-refractivity contribution in [3.8, 4) is 5.75 Å². The van der Waals surface area contributed by atoms with Crippen molar-refractivity contribution in [3.63, 3.8) is 0 Å². The summed E-state index contributed by atoms with van der Waals surface area (Å²) in [7, 11) is 0. The summed E-state index contributed by atoms with van der Waals surface area (Å²) in [5.74, 6) is 0.439. The first-order valence-corrected chi connectivity index (χ1v) is 12.1. The molecule has 6 nitrogen and oxygen atoms in total. The zero-order valence-corrected chi connectivity index (χ0v) is 19.0. The molecular weight excluding hydrogens is 429 g/mol. The van der Waals surface area contributed by atoms with E-state index in [1.165, 1.54) is 36.6 Å². The number of hydrogen-bond donors (Lipinski definition) is 1. The van der Waals surface area contributed by atoms with Crippen LogP contribution >= 0.6 is 11.3 Å². The van der Waals surface area contributed by atoms with Crippen LogP contribution in [-0.2, 0) is 11.2 Å². The van der Waals surface area contributed by atoms with Crippen LogP contribution in [-0.4, -0.2) is 57.0 Å². The number of ether oxygens (including phenoxy) is 2. The molecule has 2 fully saturated rings. The van der Waals surface area contributed by atoms with Crippen molar-refractivity contribution in [2.24, 2.45) is 10.9 Å². The fourth-order valence-electron chi connectivity index (χ4n) is 4.14. The Kier molecular flexibility index (Phi) is 8.25. The van der Waals surface area contributed by atoms with E-state index in [1.807, 2.05) is 6.07 Å². The van der Waals surface area contributed by atoms with Gasteiger partial charge >= 0.3 is 0 Å². The highest BCUT2D eigenvalue weighted by Gasteiger charge is 2.17. The number of carbonyl (C=O) groups excluding carboxylic acids is 1. The van der Waals surface area contributed by atoms with Gasteiger partial charge < -0.3 is 14.8 Å². The van der Waals surface area contributed by atoms with Gasteiger partial charge in [-0.15, -0.1) is 11.3 Å². The number of nitrogens with one attached hydrogen (secondary N) is 1. The van der Waals surface area contributed by atoms with Gasteiger partial charge in [-0.25, -0.2) is 9.38 Å². The molecule has 2 saturated heterocycles. The van der Waals surface area contributed by atoms with Crippen molar-refractivity contribution in [2.75, 3.05) is 44.8 Å². The van der Waals surface area contributed by atoms with Crippen LogP contribution in [0.5, 0.6) is 5.75 Å². The van der Waals surface area contributed by atoms with Crippen molar-refractivity contribution in [3.05, 3.63) is 39.8 Å². The van der Waals surface area contributed by atoms with E-state index in [1.54, 1.807) is 12.1 Å². The monoisotopic (exact) mass is 459 g/mol. The number of hydrogen-bond acceptors (Lipinski definition) is 6. The maximum atomic E-state index is 14.4. The number of benzene rings is 1. The second-order valence-electron chi connectivity index (χ2n) is 8.28. The minimum Gasteiger partial charge on any atom is -0.489 e. The fourth-order valence-corrected chi connectivity index (χ4v) is 5.18. The molecule has 0 bridgehead atoms. The van der Waals surface area contributed by atoms with Crippen molar-refractivity contribution in [1.82, 2.24) is 4.90 Å². The van der Waals surface area contributed by atoms with Crippen LogP contribution in [0.25, 0.3) is 0 Å². The zero-order valence-electron chi connectivity index (χ0n) is 18.2. The third-order valence-corrected chi connectivity index (χ3v) is 7.03. The Morgan fingerprint density at radius 2 is 2.06 bits per heavy atom. The van der Waals surface area contributed by atoms with Gasteiger partial charge in [0.25, 0.3) is 0 Å². The standard InChI is InChI=1S/C24H30FN3O3S/c25-21-14-19(3-4-23(21)31-12-9-28-7-1-2-8-28)26-17-27-22-15-20(32-24(22)16-29)13-18-5-10-30-11-6-18/h3-4,14-18H,1-2,5-13H2,(H,26,27). The molecule has 2 aromatic rings.